The van der Waals surface area contributed by atoms with Crippen LogP contribution in [0.5, 0.6) is 0 Å². The minimum Gasteiger partial charge on any atom is -0.251 e. The van der Waals surface area contributed by atoms with Gasteiger partial charge in [-0.3, -0.25) is 5.43 Å². The molecule has 2 rings (SSSR count). The van der Waals surface area contributed by atoms with Gasteiger partial charge in [-0.25, -0.2) is 0 Å². The second kappa shape index (κ2) is 3.93. The van der Waals surface area contributed by atoms with Crippen molar-refractivity contribution in [1.82, 2.24) is 19.8 Å². The zero-order valence-corrected chi connectivity index (χ0v) is 9.67. The normalized spacial score (nSPS) is 10.6. The van der Waals surface area contributed by atoms with Gasteiger partial charge in [-0.15, -0.1) is 15.3 Å². The molecule has 0 fully saturated rings. The van der Waals surface area contributed by atoms with Crippen LogP contribution in [-0.4, -0.2) is 25.5 Å². The number of hydrogen-bond donors (Lipinski definition) is 1. The van der Waals surface area contributed by atoms with Gasteiger partial charge in [-0.05, 0) is 13.8 Å². The highest BCUT2D eigenvalue weighted by molar-refractivity contribution is 7.20. The van der Waals surface area contributed by atoms with E-state index in [-0.39, 0.29) is 0 Å². The van der Waals surface area contributed by atoms with Crippen LogP contribution < -0.4 is 5.43 Å². The van der Waals surface area contributed by atoms with Gasteiger partial charge in [0.05, 0.1) is 0 Å². The van der Waals surface area contributed by atoms with E-state index in [2.05, 4.69) is 25.8 Å². The third-order valence-corrected chi connectivity index (χ3v) is 2.55. The summed E-state index contributed by atoms with van der Waals surface area (Å²) in [5.74, 6) is 0.867. The smallest absolute Gasteiger partial charge is 0.236 e. The summed E-state index contributed by atoms with van der Waals surface area (Å²) in [6.45, 7) is 5.87. The Morgan fingerprint density at radius 2 is 2.27 bits per heavy atom. The number of nitrogens with one attached hydrogen (secondary N) is 1. The Balaban J connectivity index is 2.31. The van der Waals surface area contributed by atoms with Crippen molar-refractivity contribution in [2.45, 2.75) is 27.2 Å². The summed E-state index contributed by atoms with van der Waals surface area (Å²) in [6.07, 6.45) is 0.820. The second-order valence-corrected chi connectivity index (χ2v) is 4.20. The first-order chi connectivity index (χ1) is 7.20. The number of anilines is 1. The molecule has 0 amide bonds. The molecular weight excluding hydrogens is 212 g/mol. The van der Waals surface area contributed by atoms with E-state index in [1.54, 1.807) is 4.52 Å². The van der Waals surface area contributed by atoms with Gasteiger partial charge in [0.2, 0.25) is 10.1 Å². The first-order valence-corrected chi connectivity index (χ1v) is 5.50. The lowest BCUT2D eigenvalue weighted by Gasteiger charge is -1.92. The molecule has 0 unspecified atom stereocenters. The van der Waals surface area contributed by atoms with Crippen molar-refractivity contribution >= 4 is 27.1 Å². The van der Waals surface area contributed by atoms with E-state index < -0.39 is 0 Å². The molecule has 0 radical (unpaired) electrons. The van der Waals surface area contributed by atoms with Crippen molar-refractivity contribution in [3.8, 4) is 0 Å². The van der Waals surface area contributed by atoms with Gasteiger partial charge in [-0.2, -0.15) is 9.62 Å². The molecule has 0 saturated heterocycles. The average molecular weight is 224 g/mol. The monoisotopic (exact) mass is 224 g/mol. The molecule has 2 heterocycles. The molecule has 0 aliphatic heterocycles. The van der Waals surface area contributed by atoms with Crippen molar-refractivity contribution < 1.29 is 0 Å². The summed E-state index contributed by atoms with van der Waals surface area (Å²) in [5.41, 5.74) is 3.83. The fourth-order valence-electron chi connectivity index (χ4n) is 1.08. The third-order valence-electron chi connectivity index (χ3n) is 1.75. The lowest BCUT2D eigenvalue weighted by Crippen LogP contribution is -1.96. The van der Waals surface area contributed by atoms with E-state index in [4.69, 9.17) is 0 Å². The Morgan fingerprint density at radius 3 is 2.93 bits per heavy atom. The van der Waals surface area contributed by atoms with Crippen LogP contribution in [0.4, 0.5) is 5.13 Å². The molecule has 6 nitrogen and oxygen atoms in total. The molecule has 2 aromatic rings. The molecule has 1 N–H and O–H groups in total. The van der Waals surface area contributed by atoms with Gasteiger partial charge in [0.15, 0.2) is 5.82 Å². The van der Waals surface area contributed by atoms with Crippen molar-refractivity contribution in [3.05, 3.63) is 5.82 Å². The highest BCUT2D eigenvalue weighted by Gasteiger charge is 2.09. The topological polar surface area (TPSA) is 67.5 Å². The number of nitrogens with zero attached hydrogens (tertiary/aromatic N) is 5. The standard InChI is InChI=1S/C8H12N6S/c1-4-6-10-12-8-14(6)13-7(15-8)11-9-5(2)3/h4H2,1-3H3,(H,11,13). The van der Waals surface area contributed by atoms with Gasteiger partial charge < -0.3 is 0 Å². The van der Waals surface area contributed by atoms with E-state index in [9.17, 15) is 0 Å². The Morgan fingerprint density at radius 1 is 1.47 bits per heavy atom. The van der Waals surface area contributed by atoms with Gasteiger partial charge in [0.25, 0.3) is 0 Å². The lowest BCUT2D eigenvalue weighted by molar-refractivity contribution is 0.836. The molecule has 0 bridgehead atoms. The third kappa shape index (κ3) is 1.96. The number of hydrogen-bond acceptors (Lipinski definition) is 6. The van der Waals surface area contributed by atoms with E-state index in [1.807, 2.05) is 20.8 Å². The Kier molecular flexibility index (Phi) is 2.63. The highest BCUT2D eigenvalue weighted by atomic mass is 32.1. The molecule has 0 atom stereocenters. The zero-order valence-electron chi connectivity index (χ0n) is 8.85. The van der Waals surface area contributed by atoms with Crippen LogP contribution in [-0.2, 0) is 6.42 Å². The number of rotatable bonds is 3. The summed E-state index contributed by atoms with van der Waals surface area (Å²) >= 11 is 1.44. The number of hydrazone groups is 1. The van der Waals surface area contributed by atoms with E-state index in [0.29, 0.717) is 0 Å². The summed E-state index contributed by atoms with van der Waals surface area (Å²) in [4.78, 5) is 0.790. The minimum absolute atomic E-state index is 0.732. The summed E-state index contributed by atoms with van der Waals surface area (Å²) in [6, 6.07) is 0. The highest BCUT2D eigenvalue weighted by Crippen LogP contribution is 2.18. The second-order valence-electron chi connectivity index (χ2n) is 3.24. The Labute approximate surface area is 91.0 Å². The number of fused-ring (bicyclic) bond motifs is 1. The Hall–Kier alpha value is -1.50. The fourth-order valence-corrected chi connectivity index (χ4v) is 1.78. The van der Waals surface area contributed by atoms with E-state index in [1.165, 1.54) is 11.3 Å². The molecule has 0 saturated carbocycles. The summed E-state index contributed by atoms with van der Waals surface area (Å²) in [5, 5.41) is 17.1. The number of aryl methyl sites for hydroxylation is 1. The predicted molar refractivity (Wildman–Crippen MR) is 60.4 cm³/mol. The van der Waals surface area contributed by atoms with Gasteiger partial charge in [-0.1, -0.05) is 18.3 Å². The molecule has 7 heteroatoms. The van der Waals surface area contributed by atoms with Crippen LogP contribution in [0.15, 0.2) is 5.10 Å². The van der Waals surface area contributed by atoms with Crippen LogP contribution in [0.2, 0.25) is 0 Å². The molecular formula is C8H12N6S. The molecule has 15 heavy (non-hydrogen) atoms. The van der Waals surface area contributed by atoms with Gasteiger partial charge in [0, 0.05) is 12.1 Å². The first kappa shape index (κ1) is 10.0. The Bertz CT molecular complexity index is 492. The van der Waals surface area contributed by atoms with Crippen molar-refractivity contribution in [2.24, 2.45) is 5.10 Å². The van der Waals surface area contributed by atoms with Gasteiger partial charge in [0.1, 0.15) is 0 Å². The van der Waals surface area contributed by atoms with Crippen LogP contribution >= 0.6 is 11.3 Å². The molecule has 80 valence electrons. The minimum atomic E-state index is 0.732. The molecule has 0 aliphatic carbocycles. The average Bonchev–Trinajstić information content (AvgIpc) is 2.72. The number of aromatic nitrogens is 4. The molecule has 0 aromatic carbocycles. The first-order valence-electron chi connectivity index (χ1n) is 4.68. The molecule has 0 spiro atoms. The van der Waals surface area contributed by atoms with Gasteiger partial charge >= 0.3 is 0 Å². The molecule has 0 aliphatic rings. The van der Waals surface area contributed by atoms with Crippen molar-refractivity contribution in [1.29, 1.82) is 0 Å². The quantitative estimate of drug-likeness (QED) is 0.634. The van der Waals surface area contributed by atoms with Crippen LogP contribution in [0.1, 0.15) is 26.6 Å². The van der Waals surface area contributed by atoms with Crippen molar-refractivity contribution in [3.63, 3.8) is 0 Å². The van der Waals surface area contributed by atoms with Crippen LogP contribution in [0.25, 0.3) is 4.96 Å². The summed E-state index contributed by atoms with van der Waals surface area (Å²) < 4.78 is 1.74. The lowest BCUT2D eigenvalue weighted by atomic mass is 10.5. The maximum Gasteiger partial charge on any atom is 0.236 e. The maximum atomic E-state index is 4.31. The van der Waals surface area contributed by atoms with Crippen LogP contribution in [0.3, 0.4) is 0 Å². The fraction of sp³-hybridized carbons (Fsp3) is 0.500. The molecule has 2 aromatic heterocycles. The zero-order chi connectivity index (χ0) is 10.8. The van der Waals surface area contributed by atoms with E-state index >= 15 is 0 Å². The SMILES string of the molecule is CCc1nnc2sc(NN=C(C)C)nn12. The maximum absolute atomic E-state index is 4.31. The van der Waals surface area contributed by atoms with Crippen LogP contribution in [0, 0.1) is 0 Å². The predicted octanol–water partition coefficient (Wildman–Crippen LogP) is 1.56. The summed E-state index contributed by atoms with van der Waals surface area (Å²) in [7, 11) is 0. The largest absolute Gasteiger partial charge is 0.251 e. The van der Waals surface area contributed by atoms with Crippen molar-refractivity contribution in [2.75, 3.05) is 5.43 Å². The van der Waals surface area contributed by atoms with E-state index in [0.717, 1.165) is 28.0 Å².